The van der Waals surface area contributed by atoms with Crippen LogP contribution in [0.15, 0.2) is 113 Å². The highest BCUT2D eigenvalue weighted by Crippen LogP contribution is 2.31. The number of carbonyl (C=O) groups is 1. The summed E-state index contributed by atoms with van der Waals surface area (Å²) in [5.41, 5.74) is 0.311. The zero-order chi connectivity index (χ0) is 21.8. The van der Waals surface area contributed by atoms with E-state index in [0.717, 1.165) is 10.8 Å². The standard InChI is InChI=1S/C25H17FO4S/c26-24(31(28,29)22-13-5-2-6-14-22)23(30-25(27)19-10-3-1-4-11-19)21-16-15-18-9-7-8-12-20(18)17-21/h1-17H/b24-23-. The molecule has 0 amide bonds. The molecule has 0 unspecified atom stereocenters. The zero-order valence-electron chi connectivity index (χ0n) is 16.2. The van der Waals surface area contributed by atoms with Gasteiger partial charge in [-0.2, -0.15) is 4.39 Å². The topological polar surface area (TPSA) is 60.4 Å². The first-order valence-electron chi connectivity index (χ1n) is 9.43. The number of carbonyl (C=O) groups excluding carboxylic acids is 1. The van der Waals surface area contributed by atoms with E-state index in [1.165, 1.54) is 42.5 Å². The number of hydrogen-bond acceptors (Lipinski definition) is 4. The molecule has 0 aliphatic rings. The van der Waals surface area contributed by atoms with Crippen LogP contribution in [0, 0.1) is 0 Å². The lowest BCUT2D eigenvalue weighted by Gasteiger charge is -2.12. The molecule has 0 radical (unpaired) electrons. The van der Waals surface area contributed by atoms with Crippen LogP contribution in [0.25, 0.3) is 16.5 Å². The van der Waals surface area contributed by atoms with Crippen molar-refractivity contribution in [2.45, 2.75) is 4.90 Å². The molecular formula is C25H17FO4S. The molecule has 0 aliphatic heterocycles. The Hall–Kier alpha value is -3.77. The van der Waals surface area contributed by atoms with Gasteiger partial charge in [0.15, 0.2) is 5.76 Å². The quantitative estimate of drug-likeness (QED) is 0.297. The van der Waals surface area contributed by atoms with Gasteiger partial charge in [0.25, 0.3) is 5.16 Å². The molecule has 154 valence electrons. The summed E-state index contributed by atoms with van der Waals surface area (Å²) in [6.45, 7) is 0. The third-order valence-electron chi connectivity index (χ3n) is 4.68. The summed E-state index contributed by atoms with van der Waals surface area (Å²) in [7, 11) is -4.53. The van der Waals surface area contributed by atoms with Crippen molar-refractivity contribution in [1.82, 2.24) is 0 Å². The Balaban J connectivity index is 1.87. The molecule has 0 saturated heterocycles. The van der Waals surface area contributed by atoms with Gasteiger partial charge in [0.05, 0.1) is 10.5 Å². The highest BCUT2D eigenvalue weighted by Gasteiger charge is 2.29. The number of esters is 1. The van der Waals surface area contributed by atoms with Crippen molar-refractivity contribution in [3.8, 4) is 0 Å². The first-order chi connectivity index (χ1) is 15.0. The first-order valence-corrected chi connectivity index (χ1v) is 10.9. The third-order valence-corrected chi connectivity index (χ3v) is 6.23. The van der Waals surface area contributed by atoms with Crippen LogP contribution in [0.4, 0.5) is 4.39 Å². The van der Waals surface area contributed by atoms with Gasteiger partial charge in [-0.25, -0.2) is 13.2 Å². The van der Waals surface area contributed by atoms with Crippen molar-refractivity contribution >= 4 is 32.3 Å². The maximum absolute atomic E-state index is 15.5. The predicted octanol–water partition coefficient (Wildman–Crippen LogP) is 5.77. The molecule has 0 N–H and O–H groups in total. The van der Waals surface area contributed by atoms with Gasteiger partial charge in [-0.3, -0.25) is 0 Å². The van der Waals surface area contributed by atoms with E-state index >= 15 is 4.39 Å². The number of halogens is 1. The van der Waals surface area contributed by atoms with Gasteiger partial charge >= 0.3 is 5.97 Å². The van der Waals surface area contributed by atoms with E-state index in [0.29, 0.717) is 0 Å². The van der Waals surface area contributed by atoms with E-state index in [2.05, 4.69) is 0 Å². The zero-order valence-corrected chi connectivity index (χ0v) is 17.1. The predicted molar refractivity (Wildman–Crippen MR) is 117 cm³/mol. The van der Waals surface area contributed by atoms with Crippen molar-refractivity contribution in [1.29, 1.82) is 0 Å². The molecule has 0 aliphatic carbocycles. The monoisotopic (exact) mass is 432 g/mol. The molecule has 0 fully saturated rings. The number of fused-ring (bicyclic) bond motifs is 1. The van der Waals surface area contributed by atoms with Gasteiger partial charge in [0.1, 0.15) is 0 Å². The van der Waals surface area contributed by atoms with Crippen molar-refractivity contribution in [3.63, 3.8) is 0 Å². The number of benzene rings is 4. The Morgan fingerprint density at radius 2 is 1.26 bits per heavy atom. The fourth-order valence-electron chi connectivity index (χ4n) is 3.09. The van der Waals surface area contributed by atoms with Crippen LogP contribution < -0.4 is 0 Å². The molecule has 4 aromatic rings. The van der Waals surface area contributed by atoms with Crippen LogP contribution in [0.3, 0.4) is 0 Å². The van der Waals surface area contributed by atoms with Crippen molar-refractivity contribution in [2.75, 3.05) is 0 Å². The van der Waals surface area contributed by atoms with Gasteiger partial charge in [-0.1, -0.05) is 72.8 Å². The average molecular weight is 432 g/mol. The molecule has 6 heteroatoms. The van der Waals surface area contributed by atoms with Crippen LogP contribution in [0.2, 0.25) is 0 Å². The molecular weight excluding hydrogens is 415 g/mol. The maximum Gasteiger partial charge on any atom is 0.343 e. The van der Waals surface area contributed by atoms with Crippen molar-refractivity contribution in [2.24, 2.45) is 0 Å². The number of rotatable bonds is 5. The second-order valence-electron chi connectivity index (χ2n) is 6.74. The molecule has 0 heterocycles. The molecule has 0 saturated carbocycles. The summed E-state index contributed by atoms with van der Waals surface area (Å²) >= 11 is 0. The fraction of sp³-hybridized carbons (Fsp3) is 0. The largest absolute Gasteiger partial charge is 0.418 e. The van der Waals surface area contributed by atoms with Crippen LogP contribution in [0.1, 0.15) is 15.9 Å². The molecule has 4 aromatic carbocycles. The summed E-state index contributed by atoms with van der Waals surface area (Å²) in [6.07, 6.45) is 0. The Labute approximate surface area is 179 Å². The summed E-state index contributed by atoms with van der Waals surface area (Å²) in [6, 6.07) is 27.3. The van der Waals surface area contributed by atoms with E-state index in [1.54, 1.807) is 42.5 Å². The Kier molecular flexibility index (Phi) is 5.64. The lowest BCUT2D eigenvalue weighted by Crippen LogP contribution is -2.10. The lowest BCUT2D eigenvalue weighted by molar-refractivity contribution is 0.0689. The van der Waals surface area contributed by atoms with Gasteiger partial charge in [0, 0.05) is 5.56 Å². The van der Waals surface area contributed by atoms with Crippen LogP contribution in [0.5, 0.6) is 0 Å². The third kappa shape index (κ3) is 4.25. The van der Waals surface area contributed by atoms with Gasteiger partial charge in [-0.05, 0) is 41.1 Å². The summed E-state index contributed by atoms with van der Waals surface area (Å²) in [5, 5.41) is 0.0998. The molecule has 31 heavy (non-hydrogen) atoms. The minimum absolute atomic E-state index is 0.139. The molecule has 4 rings (SSSR count). The maximum atomic E-state index is 15.5. The average Bonchev–Trinajstić information content (AvgIpc) is 2.82. The van der Waals surface area contributed by atoms with E-state index in [4.69, 9.17) is 4.74 Å². The highest BCUT2D eigenvalue weighted by atomic mass is 32.2. The van der Waals surface area contributed by atoms with Crippen LogP contribution in [-0.2, 0) is 14.6 Å². The fourth-order valence-corrected chi connectivity index (χ4v) is 4.22. The normalized spacial score (nSPS) is 12.3. The van der Waals surface area contributed by atoms with Gasteiger partial charge < -0.3 is 4.74 Å². The number of sulfone groups is 1. The Morgan fingerprint density at radius 1 is 0.677 bits per heavy atom. The highest BCUT2D eigenvalue weighted by molar-refractivity contribution is 7.95. The SMILES string of the molecule is O=C(O/C(=C(/F)S(=O)(=O)c1ccccc1)c1ccc2ccccc2c1)c1ccccc1. The summed E-state index contributed by atoms with van der Waals surface area (Å²) in [4.78, 5) is 12.4. The molecule has 0 bridgehead atoms. The van der Waals surface area contributed by atoms with E-state index in [-0.39, 0.29) is 16.0 Å². The van der Waals surface area contributed by atoms with Crippen molar-refractivity contribution in [3.05, 3.63) is 119 Å². The minimum Gasteiger partial charge on any atom is -0.418 e. The van der Waals surface area contributed by atoms with Gasteiger partial charge in [-0.15, -0.1) is 0 Å². The summed E-state index contributed by atoms with van der Waals surface area (Å²) < 4.78 is 46.6. The second kappa shape index (κ2) is 8.53. The summed E-state index contributed by atoms with van der Waals surface area (Å²) in [5.74, 6) is -1.51. The Bertz CT molecular complexity index is 1380. The van der Waals surface area contributed by atoms with Crippen molar-refractivity contribution < 1.29 is 22.3 Å². The molecule has 0 spiro atoms. The Morgan fingerprint density at radius 3 is 1.94 bits per heavy atom. The van der Waals surface area contributed by atoms with Gasteiger partial charge in [0.2, 0.25) is 9.84 Å². The second-order valence-corrected chi connectivity index (χ2v) is 8.57. The molecule has 0 atom stereocenters. The first kappa shape index (κ1) is 20.5. The van der Waals surface area contributed by atoms with E-state index in [9.17, 15) is 13.2 Å². The molecule has 4 nitrogen and oxygen atoms in total. The van der Waals surface area contributed by atoms with Crippen LogP contribution in [-0.4, -0.2) is 14.4 Å². The van der Waals surface area contributed by atoms with E-state index < -0.39 is 26.7 Å². The lowest BCUT2D eigenvalue weighted by atomic mass is 10.1. The molecule has 0 aromatic heterocycles. The smallest absolute Gasteiger partial charge is 0.343 e. The number of ether oxygens (including phenoxy) is 1. The minimum atomic E-state index is -4.53. The number of hydrogen-bond donors (Lipinski definition) is 0. The van der Waals surface area contributed by atoms with E-state index in [1.807, 2.05) is 18.2 Å². The van der Waals surface area contributed by atoms with Crippen LogP contribution >= 0.6 is 0 Å².